The molecule has 1 N–H and O–H groups in total. The van der Waals surface area contributed by atoms with Crippen molar-refractivity contribution in [1.82, 2.24) is 5.32 Å². The number of hydrogen-bond donors (Lipinski definition) is 1. The van der Waals surface area contributed by atoms with Crippen molar-refractivity contribution in [2.45, 2.75) is 40.0 Å². The summed E-state index contributed by atoms with van der Waals surface area (Å²) in [7, 11) is 0. The Kier molecular flexibility index (Phi) is 6.21. The van der Waals surface area contributed by atoms with Gasteiger partial charge in [0.25, 0.3) is 0 Å². The third-order valence-corrected chi connectivity index (χ3v) is 3.54. The largest absolute Gasteiger partial charge is 0.316 e. The summed E-state index contributed by atoms with van der Waals surface area (Å²) in [4.78, 5) is 0. The molecule has 0 radical (unpaired) electrons. The summed E-state index contributed by atoms with van der Waals surface area (Å²) in [5.41, 5.74) is 0.771. The van der Waals surface area contributed by atoms with E-state index < -0.39 is 11.6 Å². The summed E-state index contributed by atoms with van der Waals surface area (Å²) in [5.74, 6) is -1.72. The Morgan fingerprint density at radius 2 is 1.84 bits per heavy atom. The molecule has 0 fully saturated rings. The third kappa shape index (κ3) is 5.45. The number of benzene rings is 1. The average Bonchev–Trinajstić information content (AvgIpc) is 2.32. The first-order chi connectivity index (χ1) is 8.85. The fourth-order valence-corrected chi connectivity index (χ4v) is 2.17. The molecule has 19 heavy (non-hydrogen) atoms. The van der Waals surface area contributed by atoms with Crippen LogP contribution in [0.5, 0.6) is 0 Å². The van der Waals surface area contributed by atoms with E-state index >= 15 is 0 Å². The average molecular weight is 290 g/mol. The van der Waals surface area contributed by atoms with Crippen LogP contribution in [-0.2, 0) is 6.42 Å². The van der Waals surface area contributed by atoms with Gasteiger partial charge in [-0.2, -0.15) is 0 Å². The Morgan fingerprint density at radius 1 is 1.21 bits per heavy atom. The lowest BCUT2D eigenvalue weighted by atomic mass is 9.86. The molecule has 1 rings (SSSR count). The van der Waals surface area contributed by atoms with Crippen molar-refractivity contribution < 1.29 is 8.78 Å². The molecule has 0 amide bonds. The summed E-state index contributed by atoms with van der Waals surface area (Å²) >= 11 is 5.93. The smallest absolute Gasteiger partial charge is 0.160 e. The molecule has 0 spiro atoms. The van der Waals surface area contributed by atoms with Gasteiger partial charge in [-0.1, -0.05) is 32.4 Å². The maximum absolute atomic E-state index is 13.2. The predicted molar refractivity (Wildman–Crippen MR) is 76.6 cm³/mol. The molecular weight excluding hydrogens is 268 g/mol. The highest BCUT2D eigenvalue weighted by Gasteiger charge is 2.18. The molecule has 0 unspecified atom stereocenters. The standard InChI is InChI=1S/C15H22ClF2N/c1-4-7-19-10-15(2,3)6-5-11-8-13(17)14(18)9-12(11)16/h8-9,19H,4-7,10H2,1-3H3. The van der Waals surface area contributed by atoms with Crippen molar-refractivity contribution in [3.8, 4) is 0 Å². The molecule has 0 aliphatic rings. The molecule has 0 bridgehead atoms. The van der Waals surface area contributed by atoms with Crippen LogP contribution in [0.2, 0.25) is 5.02 Å². The quantitative estimate of drug-likeness (QED) is 0.572. The van der Waals surface area contributed by atoms with Gasteiger partial charge in [-0.15, -0.1) is 0 Å². The number of rotatable bonds is 7. The first kappa shape index (κ1) is 16.4. The molecule has 0 saturated heterocycles. The minimum atomic E-state index is -0.891. The van der Waals surface area contributed by atoms with Gasteiger partial charge >= 0.3 is 0 Å². The van der Waals surface area contributed by atoms with E-state index in [1.807, 2.05) is 0 Å². The summed E-state index contributed by atoms with van der Waals surface area (Å²) in [6.45, 7) is 8.34. The second kappa shape index (κ2) is 7.20. The zero-order valence-corrected chi connectivity index (χ0v) is 12.6. The SMILES string of the molecule is CCCNCC(C)(C)CCc1cc(F)c(F)cc1Cl. The topological polar surface area (TPSA) is 12.0 Å². The Balaban J connectivity index is 2.58. The van der Waals surface area contributed by atoms with E-state index in [1.54, 1.807) is 0 Å². The number of aryl methyl sites for hydroxylation is 1. The molecule has 1 aromatic rings. The Labute approximate surface area is 119 Å². The van der Waals surface area contributed by atoms with Crippen LogP contribution in [0.25, 0.3) is 0 Å². The predicted octanol–water partition coefficient (Wildman–Crippen LogP) is 4.58. The highest BCUT2D eigenvalue weighted by atomic mass is 35.5. The van der Waals surface area contributed by atoms with Crippen molar-refractivity contribution >= 4 is 11.6 Å². The van der Waals surface area contributed by atoms with Gasteiger partial charge in [0.2, 0.25) is 0 Å². The van der Waals surface area contributed by atoms with Crippen LogP contribution >= 0.6 is 11.6 Å². The van der Waals surface area contributed by atoms with Crippen molar-refractivity contribution in [3.63, 3.8) is 0 Å². The van der Waals surface area contributed by atoms with Gasteiger partial charge in [0.05, 0.1) is 0 Å². The first-order valence-electron chi connectivity index (χ1n) is 6.70. The van der Waals surface area contributed by atoms with E-state index in [9.17, 15) is 8.78 Å². The second-order valence-electron chi connectivity index (χ2n) is 5.70. The van der Waals surface area contributed by atoms with Crippen LogP contribution < -0.4 is 5.32 Å². The van der Waals surface area contributed by atoms with Crippen molar-refractivity contribution in [2.24, 2.45) is 5.41 Å². The molecule has 1 aromatic carbocycles. The van der Waals surface area contributed by atoms with Gasteiger partial charge in [0, 0.05) is 11.6 Å². The van der Waals surface area contributed by atoms with Gasteiger partial charge in [-0.25, -0.2) is 8.78 Å². The molecule has 0 atom stereocenters. The second-order valence-corrected chi connectivity index (χ2v) is 6.11. The van der Waals surface area contributed by atoms with Crippen molar-refractivity contribution in [2.75, 3.05) is 13.1 Å². The highest BCUT2D eigenvalue weighted by Crippen LogP contribution is 2.26. The fourth-order valence-electron chi connectivity index (χ4n) is 1.92. The molecule has 108 valence electrons. The summed E-state index contributed by atoms with van der Waals surface area (Å²) in [6.07, 6.45) is 2.62. The Hall–Kier alpha value is -0.670. The van der Waals surface area contributed by atoms with Crippen molar-refractivity contribution in [1.29, 1.82) is 0 Å². The maximum atomic E-state index is 13.2. The zero-order valence-electron chi connectivity index (χ0n) is 11.8. The van der Waals surface area contributed by atoms with E-state index in [0.29, 0.717) is 17.0 Å². The van der Waals surface area contributed by atoms with E-state index in [2.05, 4.69) is 26.1 Å². The number of nitrogens with one attached hydrogen (secondary N) is 1. The van der Waals surface area contributed by atoms with Crippen LogP contribution in [0.15, 0.2) is 12.1 Å². The molecule has 0 aromatic heterocycles. The first-order valence-corrected chi connectivity index (χ1v) is 7.07. The van der Waals surface area contributed by atoms with Gasteiger partial charge in [-0.3, -0.25) is 0 Å². The van der Waals surface area contributed by atoms with Gasteiger partial charge in [-0.05, 0) is 48.9 Å². The maximum Gasteiger partial charge on any atom is 0.160 e. The number of halogens is 3. The molecule has 0 aliphatic carbocycles. The lowest BCUT2D eigenvalue weighted by Crippen LogP contribution is -2.30. The monoisotopic (exact) mass is 289 g/mol. The van der Waals surface area contributed by atoms with Gasteiger partial charge in [0.15, 0.2) is 11.6 Å². The van der Waals surface area contributed by atoms with E-state index in [0.717, 1.165) is 32.0 Å². The fraction of sp³-hybridized carbons (Fsp3) is 0.600. The Morgan fingerprint density at radius 3 is 2.47 bits per heavy atom. The number of hydrogen-bond acceptors (Lipinski definition) is 1. The summed E-state index contributed by atoms with van der Waals surface area (Å²) in [6, 6.07) is 2.25. The Bertz CT molecular complexity index is 419. The minimum absolute atomic E-state index is 0.101. The third-order valence-electron chi connectivity index (χ3n) is 3.19. The molecule has 1 nitrogen and oxygen atoms in total. The van der Waals surface area contributed by atoms with Crippen LogP contribution in [0.3, 0.4) is 0 Å². The van der Waals surface area contributed by atoms with Gasteiger partial charge < -0.3 is 5.32 Å². The van der Waals surface area contributed by atoms with E-state index in [1.165, 1.54) is 6.07 Å². The highest BCUT2D eigenvalue weighted by molar-refractivity contribution is 6.31. The molecule has 0 aliphatic heterocycles. The molecule has 0 saturated carbocycles. The van der Waals surface area contributed by atoms with E-state index in [-0.39, 0.29) is 5.41 Å². The molecule has 4 heteroatoms. The summed E-state index contributed by atoms with van der Waals surface area (Å²) in [5, 5.41) is 3.68. The van der Waals surface area contributed by atoms with Crippen LogP contribution in [-0.4, -0.2) is 13.1 Å². The van der Waals surface area contributed by atoms with Crippen LogP contribution in [0.1, 0.15) is 39.2 Å². The molecular formula is C15H22ClF2N. The van der Waals surface area contributed by atoms with Crippen molar-refractivity contribution in [3.05, 3.63) is 34.4 Å². The lowest BCUT2D eigenvalue weighted by Gasteiger charge is -2.25. The normalized spacial score (nSPS) is 11.9. The zero-order chi connectivity index (χ0) is 14.5. The molecule has 0 heterocycles. The van der Waals surface area contributed by atoms with Crippen LogP contribution in [0, 0.1) is 17.0 Å². The lowest BCUT2D eigenvalue weighted by molar-refractivity contribution is 0.315. The van der Waals surface area contributed by atoms with E-state index in [4.69, 9.17) is 11.6 Å². The minimum Gasteiger partial charge on any atom is -0.316 e. The van der Waals surface area contributed by atoms with Gasteiger partial charge in [0.1, 0.15) is 0 Å². The summed E-state index contributed by atoms with van der Waals surface area (Å²) < 4.78 is 26.2. The van der Waals surface area contributed by atoms with Crippen LogP contribution in [0.4, 0.5) is 8.78 Å².